The maximum absolute atomic E-state index is 12.7. The Kier molecular flexibility index (Phi) is 6.14. The number of hydrogen-bond donors (Lipinski definition) is 1. The van der Waals surface area contributed by atoms with Crippen LogP contribution >= 0.6 is 0 Å². The van der Waals surface area contributed by atoms with E-state index in [1.807, 2.05) is 6.92 Å². The lowest BCUT2D eigenvalue weighted by atomic mass is 9.69. The molecule has 0 saturated heterocycles. The Hall–Kier alpha value is -0.460. The average molecular weight is 359 g/mol. The lowest BCUT2D eigenvalue weighted by Gasteiger charge is -2.43. The van der Waals surface area contributed by atoms with Crippen molar-refractivity contribution in [2.24, 2.45) is 22.7 Å². The normalized spacial score (nSPS) is 34.8. The molecule has 0 aromatic heterocycles. The number of rotatable bonds is 8. The Bertz CT molecular complexity index is 495. The second kappa shape index (κ2) is 7.42. The zero-order valence-corrected chi connectivity index (χ0v) is 16.4. The first-order chi connectivity index (χ1) is 11.2. The Morgan fingerprint density at radius 1 is 1.46 bits per heavy atom. The summed E-state index contributed by atoms with van der Waals surface area (Å²) in [5, 5.41) is 3.19. The van der Waals surface area contributed by atoms with Crippen LogP contribution in [0.5, 0.6) is 0 Å². The summed E-state index contributed by atoms with van der Waals surface area (Å²) in [6.45, 7) is 8.31. The second-order valence-corrected chi connectivity index (χ2v) is 9.11. The maximum Gasteiger partial charge on any atom is 0.225 e. The van der Waals surface area contributed by atoms with Gasteiger partial charge in [-0.1, -0.05) is 45.2 Å². The molecule has 6 atom stereocenters. The molecule has 24 heavy (non-hydrogen) atoms. The fraction of sp³-hybridized carbons (Fsp3) is 0.944. The van der Waals surface area contributed by atoms with Crippen molar-refractivity contribution in [3.05, 3.63) is 0 Å². The van der Waals surface area contributed by atoms with Gasteiger partial charge in [0.25, 0.3) is 0 Å². The number of fused-ring (bicyclic) bond motifs is 2. The molecule has 2 aliphatic carbocycles. The summed E-state index contributed by atoms with van der Waals surface area (Å²) in [5.41, 5.74) is -0.398. The highest BCUT2D eigenvalue weighted by atomic mass is 32.2. The van der Waals surface area contributed by atoms with Gasteiger partial charge in [-0.25, -0.2) is 0 Å². The quantitative estimate of drug-likeness (QED) is 0.677. The van der Waals surface area contributed by atoms with Gasteiger partial charge in [-0.2, -0.15) is 0 Å². The molecule has 0 aromatic rings. The van der Waals surface area contributed by atoms with Crippen LogP contribution in [-0.2, 0) is 20.6 Å². The highest BCUT2D eigenvalue weighted by Gasteiger charge is 2.64. The van der Waals surface area contributed by atoms with Gasteiger partial charge in [0.1, 0.15) is 0 Å². The highest BCUT2D eigenvalue weighted by molar-refractivity contribution is 7.79. The summed E-state index contributed by atoms with van der Waals surface area (Å²) < 4.78 is 28.5. The zero-order chi connectivity index (χ0) is 18.1. The smallest absolute Gasteiger partial charge is 0.225 e. The van der Waals surface area contributed by atoms with E-state index in [0.29, 0.717) is 5.92 Å². The molecule has 140 valence electrons. The van der Waals surface area contributed by atoms with Crippen molar-refractivity contribution in [1.82, 2.24) is 5.32 Å². The van der Waals surface area contributed by atoms with Crippen LogP contribution in [0.15, 0.2) is 0 Å². The number of carbonyl (C=O) groups is 1. The van der Waals surface area contributed by atoms with E-state index in [4.69, 9.17) is 4.74 Å². The largest absolute Gasteiger partial charge is 0.772 e. The van der Waals surface area contributed by atoms with Crippen LogP contribution in [0.2, 0.25) is 0 Å². The van der Waals surface area contributed by atoms with Crippen LogP contribution in [0.25, 0.3) is 0 Å². The first-order valence-corrected chi connectivity index (χ1v) is 10.3. The van der Waals surface area contributed by atoms with E-state index < -0.39 is 11.1 Å². The summed E-state index contributed by atoms with van der Waals surface area (Å²) in [5.74, 6) is 0.376. The molecule has 1 N–H and O–H groups in total. The summed E-state index contributed by atoms with van der Waals surface area (Å²) in [6, 6.07) is -0.0572. The lowest BCUT2D eigenvalue weighted by molar-refractivity contribution is -0.130. The number of methoxy groups -OCH3 is 1. The molecule has 0 radical (unpaired) electrons. The van der Waals surface area contributed by atoms with Gasteiger partial charge >= 0.3 is 0 Å². The fourth-order valence-electron chi connectivity index (χ4n) is 5.16. The molecular formula is C18H32NO4S-. The first-order valence-electron chi connectivity index (χ1n) is 9.08. The van der Waals surface area contributed by atoms with E-state index in [-0.39, 0.29) is 40.6 Å². The molecule has 1 amide bonds. The number of carbonyl (C=O) groups excluding carboxylic acids is 1. The fourth-order valence-corrected chi connectivity index (χ4v) is 6.30. The van der Waals surface area contributed by atoms with Gasteiger partial charge in [0, 0.05) is 24.3 Å². The SMILES string of the molecule is CCCC(OC)C(C)C(=O)NC1CC2CCC1(CS(=O)[O-])C2(C)C. The van der Waals surface area contributed by atoms with Gasteiger partial charge in [-0.05, 0) is 37.0 Å². The topological polar surface area (TPSA) is 78.5 Å². The lowest BCUT2D eigenvalue weighted by Crippen LogP contribution is -2.53. The average Bonchev–Trinajstić information content (AvgIpc) is 2.85. The Morgan fingerprint density at radius 2 is 2.12 bits per heavy atom. The standard InChI is InChI=1S/C18H33NO4S/c1-6-7-14(23-5)12(2)16(20)19-15-10-13-8-9-18(15,11-24(21)22)17(13,3)4/h12-15H,6-11H2,1-5H3,(H,19,20)(H,21,22)/p-1. The van der Waals surface area contributed by atoms with E-state index in [2.05, 4.69) is 26.1 Å². The molecule has 6 unspecified atom stereocenters. The first kappa shape index (κ1) is 19.9. The van der Waals surface area contributed by atoms with Crippen molar-refractivity contribution >= 4 is 17.0 Å². The van der Waals surface area contributed by atoms with Crippen molar-refractivity contribution < 1.29 is 18.3 Å². The Balaban J connectivity index is 2.14. The van der Waals surface area contributed by atoms with Crippen LogP contribution in [-0.4, -0.2) is 39.7 Å². The predicted octanol–water partition coefficient (Wildman–Crippen LogP) is 2.63. The predicted molar refractivity (Wildman–Crippen MR) is 94.1 cm³/mol. The summed E-state index contributed by atoms with van der Waals surface area (Å²) in [6.07, 6.45) is 4.54. The molecule has 2 fully saturated rings. The monoisotopic (exact) mass is 358 g/mol. The Morgan fingerprint density at radius 3 is 2.62 bits per heavy atom. The molecule has 2 rings (SSSR count). The molecule has 0 aromatic carbocycles. The number of nitrogens with one attached hydrogen (secondary N) is 1. The molecule has 5 nitrogen and oxygen atoms in total. The van der Waals surface area contributed by atoms with Crippen molar-refractivity contribution in [3.63, 3.8) is 0 Å². The van der Waals surface area contributed by atoms with Crippen molar-refractivity contribution in [2.45, 2.75) is 71.9 Å². The third-order valence-corrected chi connectivity index (χ3v) is 7.72. The summed E-state index contributed by atoms with van der Waals surface area (Å²) in [7, 11) is 1.65. The summed E-state index contributed by atoms with van der Waals surface area (Å²) >= 11 is -2.10. The molecule has 2 saturated carbocycles. The van der Waals surface area contributed by atoms with E-state index in [0.717, 1.165) is 32.1 Å². The van der Waals surface area contributed by atoms with Gasteiger partial charge in [0.2, 0.25) is 5.91 Å². The highest BCUT2D eigenvalue weighted by Crippen LogP contribution is 2.65. The number of hydrogen-bond acceptors (Lipinski definition) is 4. The van der Waals surface area contributed by atoms with Gasteiger partial charge in [0.15, 0.2) is 0 Å². The zero-order valence-electron chi connectivity index (χ0n) is 15.6. The van der Waals surface area contributed by atoms with Crippen molar-refractivity contribution in [1.29, 1.82) is 0 Å². The molecule has 0 aliphatic heterocycles. The van der Waals surface area contributed by atoms with E-state index in [1.54, 1.807) is 7.11 Å². The third kappa shape index (κ3) is 3.29. The molecule has 6 heteroatoms. The minimum absolute atomic E-state index is 0.0142. The number of ether oxygens (including phenoxy) is 1. The minimum Gasteiger partial charge on any atom is -0.772 e. The maximum atomic E-state index is 12.7. The molecule has 2 bridgehead atoms. The van der Waals surface area contributed by atoms with E-state index in [9.17, 15) is 13.6 Å². The molecule has 0 heterocycles. The second-order valence-electron chi connectivity index (χ2n) is 8.21. The van der Waals surface area contributed by atoms with Gasteiger partial charge in [-0.3, -0.25) is 9.00 Å². The van der Waals surface area contributed by atoms with Crippen LogP contribution in [0, 0.1) is 22.7 Å². The summed E-state index contributed by atoms with van der Waals surface area (Å²) in [4.78, 5) is 12.7. The van der Waals surface area contributed by atoms with E-state index >= 15 is 0 Å². The van der Waals surface area contributed by atoms with Crippen LogP contribution in [0.1, 0.15) is 59.8 Å². The number of amides is 1. The molecule has 2 aliphatic rings. The van der Waals surface area contributed by atoms with Crippen LogP contribution in [0.3, 0.4) is 0 Å². The minimum atomic E-state index is -2.10. The van der Waals surface area contributed by atoms with Crippen molar-refractivity contribution in [3.8, 4) is 0 Å². The molecule has 0 spiro atoms. The third-order valence-electron chi connectivity index (χ3n) is 6.97. The Labute approximate surface area is 148 Å². The van der Waals surface area contributed by atoms with Crippen molar-refractivity contribution in [2.75, 3.05) is 12.9 Å². The van der Waals surface area contributed by atoms with Gasteiger partial charge in [-0.15, -0.1) is 0 Å². The van der Waals surface area contributed by atoms with Crippen LogP contribution < -0.4 is 5.32 Å². The van der Waals surface area contributed by atoms with Gasteiger partial charge < -0.3 is 14.6 Å². The van der Waals surface area contributed by atoms with Gasteiger partial charge in [0.05, 0.1) is 12.0 Å². The van der Waals surface area contributed by atoms with Crippen LogP contribution in [0.4, 0.5) is 0 Å². The molecular weight excluding hydrogens is 326 g/mol. The van der Waals surface area contributed by atoms with E-state index in [1.165, 1.54) is 0 Å².